The first kappa shape index (κ1) is 15.7. The van der Waals surface area contributed by atoms with Gasteiger partial charge in [-0.05, 0) is 25.1 Å². The summed E-state index contributed by atoms with van der Waals surface area (Å²) in [5.41, 5.74) is 6.82. The van der Waals surface area contributed by atoms with Crippen molar-refractivity contribution >= 4 is 11.8 Å². The molecule has 0 unspecified atom stereocenters. The Morgan fingerprint density at radius 1 is 1.05 bits per heavy atom. The van der Waals surface area contributed by atoms with Crippen molar-refractivity contribution < 1.29 is 9.59 Å². The van der Waals surface area contributed by atoms with E-state index in [4.69, 9.17) is 5.73 Å². The number of imide groups is 1. The molecule has 0 aliphatic carbocycles. The van der Waals surface area contributed by atoms with Crippen LogP contribution in [0.5, 0.6) is 0 Å². The number of carbonyl (C=O) groups is 2. The number of hydrogen-bond acceptors (Lipinski definition) is 4. The second kappa shape index (κ2) is 7.90. The molecular weight excluding hydrogens is 266 g/mol. The van der Waals surface area contributed by atoms with Crippen LogP contribution in [0.3, 0.4) is 0 Å². The summed E-state index contributed by atoms with van der Waals surface area (Å²) in [4.78, 5) is 26.9. The van der Waals surface area contributed by atoms with E-state index in [0.29, 0.717) is 32.5 Å². The molecule has 0 saturated carbocycles. The monoisotopic (exact) mass is 289 g/mol. The van der Waals surface area contributed by atoms with E-state index in [1.54, 1.807) is 0 Å². The topological polar surface area (TPSA) is 66.6 Å². The highest BCUT2D eigenvalue weighted by atomic mass is 16.2. The predicted molar refractivity (Wildman–Crippen MR) is 81.3 cm³/mol. The highest BCUT2D eigenvalue weighted by Gasteiger charge is 2.28. The van der Waals surface area contributed by atoms with Gasteiger partial charge in [0.15, 0.2) is 0 Å². The van der Waals surface area contributed by atoms with Gasteiger partial charge in [0, 0.05) is 32.5 Å². The quantitative estimate of drug-likeness (QED) is 0.725. The molecule has 1 aromatic carbocycles. The molecule has 1 heterocycles. The fraction of sp³-hybridized carbons (Fsp3) is 0.500. The van der Waals surface area contributed by atoms with Crippen LogP contribution < -0.4 is 5.73 Å². The van der Waals surface area contributed by atoms with E-state index in [1.807, 2.05) is 18.2 Å². The van der Waals surface area contributed by atoms with Gasteiger partial charge in [-0.1, -0.05) is 30.3 Å². The molecular formula is C16H23N3O2. The largest absolute Gasteiger partial charge is 0.330 e. The summed E-state index contributed by atoms with van der Waals surface area (Å²) in [7, 11) is 0. The Hall–Kier alpha value is -1.72. The van der Waals surface area contributed by atoms with Gasteiger partial charge < -0.3 is 5.73 Å². The average Bonchev–Trinajstić information content (AvgIpc) is 2.82. The molecule has 0 spiro atoms. The zero-order valence-electron chi connectivity index (χ0n) is 12.3. The third-order valence-electron chi connectivity index (χ3n) is 3.72. The molecule has 5 nitrogen and oxygen atoms in total. The average molecular weight is 289 g/mol. The van der Waals surface area contributed by atoms with E-state index >= 15 is 0 Å². The minimum absolute atomic E-state index is 0.0431. The zero-order valence-corrected chi connectivity index (χ0v) is 12.3. The Labute approximate surface area is 125 Å². The third kappa shape index (κ3) is 4.65. The highest BCUT2D eigenvalue weighted by Crippen LogP contribution is 2.12. The Morgan fingerprint density at radius 3 is 2.33 bits per heavy atom. The van der Waals surface area contributed by atoms with Crippen LogP contribution in [0.15, 0.2) is 30.3 Å². The lowest BCUT2D eigenvalue weighted by atomic mass is 10.2. The van der Waals surface area contributed by atoms with Crippen molar-refractivity contribution in [3.8, 4) is 0 Å². The van der Waals surface area contributed by atoms with Gasteiger partial charge in [-0.15, -0.1) is 0 Å². The molecule has 0 atom stereocenters. The maximum absolute atomic E-state index is 11.6. The summed E-state index contributed by atoms with van der Waals surface area (Å²) in [6.45, 7) is 3.52. The molecule has 21 heavy (non-hydrogen) atoms. The minimum Gasteiger partial charge on any atom is -0.330 e. The standard InChI is InChI=1S/C16H23N3O2/c17-9-4-10-18(13-14-5-2-1-3-6-14)11-12-19-15(20)7-8-16(19)21/h1-3,5-6H,4,7-13,17H2. The maximum Gasteiger partial charge on any atom is 0.229 e. The fourth-order valence-corrected chi connectivity index (χ4v) is 2.54. The number of benzene rings is 1. The molecule has 0 aromatic heterocycles. The van der Waals surface area contributed by atoms with Gasteiger partial charge in [0.2, 0.25) is 11.8 Å². The number of rotatable bonds is 8. The lowest BCUT2D eigenvalue weighted by molar-refractivity contribution is -0.138. The number of hydrogen-bond donors (Lipinski definition) is 1. The number of amides is 2. The molecule has 1 aliphatic heterocycles. The van der Waals surface area contributed by atoms with Crippen LogP contribution in [-0.2, 0) is 16.1 Å². The molecule has 2 N–H and O–H groups in total. The highest BCUT2D eigenvalue weighted by molar-refractivity contribution is 6.01. The molecule has 1 aromatic rings. The summed E-state index contributed by atoms with van der Waals surface area (Å²) >= 11 is 0. The van der Waals surface area contributed by atoms with Crippen molar-refractivity contribution in [2.24, 2.45) is 5.73 Å². The molecule has 1 aliphatic rings. The minimum atomic E-state index is -0.0431. The van der Waals surface area contributed by atoms with Gasteiger partial charge >= 0.3 is 0 Å². The van der Waals surface area contributed by atoms with Crippen molar-refractivity contribution in [2.75, 3.05) is 26.2 Å². The van der Waals surface area contributed by atoms with Crippen LogP contribution in [0.25, 0.3) is 0 Å². The maximum atomic E-state index is 11.6. The van der Waals surface area contributed by atoms with E-state index < -0.39 is 0 Å². The lowest BCUT2D eigenvalue weighted by Gasteiger charge is -2.24. The first-order chi connectivity index (χ1) is 10.2. The summed E-state index contributed by atoms with van der Waals surface area (Å²) in [5, 5.41) is 0. The number of nitrogens with two attached hydrogens (primary N) is 1. The summed E-state index contributed by atoms with van der Waals surface area (Å²) < 4.78 is 0. The molecule has 5 heteroatoms. The summed E-state index contributed by atoms with van der Waals surface area (Å²) in [6, 6.07) is 10.2. The molecule has 0 radical (unpaired) electrons. The number of nitrogens with zero attached hydrogens (tertiary/aromatic N) is 2. The first-order valence-electron chi connectivity index (χ1n) is 7.50. The SMILES string of the molecule is NCCCN(CCN1C(=O)CCC1=O)Cc1ccccc1. The summed E-state index contributed by atoms with van der Waals surface area (Å²) in [6.07, 6.45) is 1.63. The van der Waals surface area contributed by atoms with E-state index in [-0.39, 0.29) is 11.8 Å². The van der Waals surface area contributed by atoms with Crippen LogP contribution >= 0.6 is 0 Å². The van der Waals surface area contributed by atoms with Gasteiger partial charge in [-0.25, -0.2) is 0 Å². The van der Waals surface area contributed by atoms with Crippen LogP contribution in [-0.4, -0.2) is 47.8 Å². The molecule has 2 amide bonds. The van der Waals surface area contributed by atoms with Crippen LogP contribution in [0.4, 0.5) is 0 Å². The van der Waals surface area contributed by atoms with Crippen molar-refractivity contribution in [1.29, 1.82) is 0 Å². The molecule has 114 valence electrons. The van der Waals surface area contributed by atoms with Crippen molar-refractivity contribution in [3.63, 3.8) is 0 Å². The fourth-order valence-electron chi connectivity index (χ4n) is 2.54. The predicted octanol–water partition coefficient (Wildman–Crippen LogP) is 0.986. The molecule has 0 bridgehead atoms. The molecule has 1 saturated heterocycles. The Kier molecular flexibility index (Phi) is 5.90. The van der Waals surface area contributed by atoms with E-state index in [1.165, 1.54) is 10.5 Å². The van der Waals surface area contributed by atoms with E-state index in [0.717, 1.165) is 19.5 Å². The second-order valence-corrected chi connectivity index (χ2v) is 5.34. The Bertz CT molecular complexity index is 460. The van der Waals surface area contributed by atoms with E-state index in [2.05, 4.69) is 17.0 Å². The van der Waals surface area contributed by atoms with Gasteiger partial charge in [-0.2, -0.15) is 0 Å². The van der Waals surface area contributed by atoms with E-state index in [9.17, 15) is 9.59 Å². The second-order valence-electron chi connectivity index (χ2n) is 5.34. The smallest absolute Gasteiger partial charge is 0.229 e. The van der Waals surface area contributed by atoms with Gasteiger partial charge in [-0.3, -0.25) is 19.4 Å². The number of likely N-dealkylation sites (tertiary alicyclic amines) is 1. The van der Waals surface area contributed by atoms with Crippen LogP contribution in [0, 0.1) is 0 Å². The Morgan fingerprint density at radius 2 is 1.71 bits per heavy atom. The third-order valence-corrected chi connectivity index (χ3v) is 3.72. The van der Waals surface area contributed by atoms with Crippen molar-refractivity contribution in [1.82, 2.24) is 9.80 Å². The first-order valence-corrected chi connectivity index (χ1v) is 7.50. The van der Waals surface area contributed by atoms with Crippen molar-refractivity contribution in [3.05, 3.63) is 35.9 Å². The van der Waals surface area contributed by atoms with Crippen LogP contribution in [0.1, 0.15) is 24.8 Å². The van der Waals surface area contributed by atoms with Crippen LogP contribution in [0.2, 0.25) is 0 Å². The lowest BCUT2D eigenvalue weighted by Crippen LogP contribution is -2.38. The Balaban J connectivity index is 1.90. The molecule has 1 fully saturated rings. The van der Waals surface area contributed by atoms with Gasteiger partial charge in [0.1, 0.15) is 0 Å². The molecule has 2 rings (SSSR count). The summed E-state index contributed by atoms with van der Waals surface area (Å²) in [5.74, 6) is -0.0861. The van der Waals surface area contributed by atoms with Gasteiger partial charge in [0.05, 0.1) is 0 Å². The van der Waals surface area contributed by atoms with Gasteiger partial charge in [0.25, 0.3) is 0 Å². The number of carbonyl (C=O) groups excluding carboxylic acids is 2. The normalized spacial score (nSPS) is 15.2. The van der Waals surface area contributed by atoms with Crippen molar-refractivity contribution in [2.45, 2.75) is 25.8 Å². The zero-order chi connectivity index (χ0) is 15.1.